The molecule has 390 valence electrons. The van der Waals surface area contributed by atoms with Gasteiger partial charge in [0.05, 0.1) is 59.3 Å². The highest BCUT2D eigenvalue weighted by atomic mass is 16.7. The van der Waals surface area contributed by atoms with Crippen LogP contribution in [-0.4, -0.2) is 166 Å². The Morgan fingerprint density at radius 2 is 1.51 bits per heavy atom. The molecule has 4 rings (SSSR count). The first-order valence-corrected chi connectivity index (χ1v) is 23.8. The van der Waals surface area contributed by atoms with Crippen LogP contribution in [0, 0.1) is 0 Å². The molecule has 24 nitrogen and oxygen atoms in total. The number of hydrogen-bond donors (Lipinski definition) is 6. The van der Waals surface area contributed by atoms with Gasteiger partial charge in [0.25, 0.3) is 11.5 Å². The molecule has 0 spiro atoms. The zero-order valence-electron chi connectivity index (χ0n) is 39.8. The highest BCUT2D eigenvalue weighted by molar-refractivity contribution is 5.96. The van der Waals surface area contributed by atoms with Gasteiger partial charge >= 0.3 is 17.6 Å². The van der Waals surface area contributed by atoms with Crippen LogP contribution in [0.4, 0.5) is 0 Å². The molecule has 0 bridgehead atoms. The van der Waals surface area contributed by atoms with Gasteiger partial charge in [-0.15, -0.1) is 0 Å². The lowest BCUT2D eigenvalue weighted by Crippen LogP contribution is -2.55. The summed E-state index contributed by atoms with van der Waals surface area (Å²) < 4.78 is 57.7. The number of ether oxygens (including phenoxy) is 10. The van der Waals surface area contributed by atoms with Crippen molar-refractivity contribution in [3.8, 4) is 0 Å². The van der Waals surface area contributed by atoms with Crippen molar-refractivity contribution < 1.29 is 76.4 Å². The second-order valence-electron chi connectivity index (χ2n) is 16.8. The normalized spacial score (nSPS) is 25.1. The van der Waals surface area contributed by atoms with Crippen molar-refractivity contribution in [3.05, 3.63) is 44.9 Å². The van der Waals surface area contributed by atoms with E-state index in [0.717, 1.165) is 61.4 Å². The minimum absolute atomic E-state index is 0.0131. The van der Waals surface area contributed by atoms with Crippen molar-refractivity contribution in [2.24, 2.45) is 11.5 Å². The molecule has 0 aliphatic carbocycles. The largest absolute Gasteiger partial charge is 0.456 e. The fourth-order valence-electron chi connectivity index (χ4n) is 7.77. The summed E-state index contributed by atoms with van der Waals surface area (Å²) in [5, 5.41) is 17.0. The first kappa shape index (κ1) is 56.8. The van der Waals surface area contributed by atoms with Gasteiger partial charge in [-0.1, -0.05) is 45.4 Å². The summed E-state index contributed by atoms with van der Waals surface area (Å²) in [6.07, 6.45) is -3.41. The predicted molar refractivity (Wildman–Crippen MR) is 242 cm³/mol. The van der Waals surface area contributed by atoms with E-state index >= 15 is 0 Å². The summed E-state index contributed by atoms with van der Waals surface area (Å²) in [5.74, 6) is -4.64. The average molecular weight is 985 g/mol. The van der Waals surface area contributed by atoms with Gasteiger partial charge < -0.3 is 74.6 Å². The van der Waals surface area contributed by atoms with E-state index in [9.17, 15) is 38.7 Å². The monoisotopic (exact) mass is 984 g/mol. The van der Waals surface area contributed by atoms with Crippen LogP contribution in [0.5, 0.6) is 0 Å². The summed E-state index contributed by atoms with van der Waals surface area (Å²) in [7, 11) is 1.22. The van der Waals surface area contributed by atoms with E-state index in [2.05, 4.69) is 22.5 Å². The molecule has 0 radical (unpaired) electrons. The van der Waals surface area contributed by atoms with E-state index in [-0.39, 0.29) is 38.7 Å². The summed E-state index contributed by atoms with van der Waals surface area (Å²) >= 11 is 0. The van der Waals surface area contributed by atoms with E-state index < -0.39 is 102 Å². The molecule has 2 fully saturated rings. The molecule has 0 saturated carbocycles. The molecule has 0 aromatic carbocycles. The molecular weight excluding hydrogens is 913 g/mol. The second-order valence-corrected chi connectivity index (χ2v) is 16.8. The maximum atomic E-state index is 13.8. The van der Waals surface area contributed by atoms with Crippen LogP contribution in [-0.2, 0) is 71.3 Å². The molecule has 1 aromatic rings. The Balaban J connectivity index is 1.49. The zero-order chi connectivity index (χ0) is 50.1. The van der Waals surface area contributed by atoms with Crippen LogP contribution < -0.4 is 33.3 Å². The first-order chi connectivity index (χ1) is 33.3. The van der Waals surface area contributed by atoms with Crippen LogP contribution >= 0.6 is 0 Å². The third-order valence-corrected chi connectivity index (χ3v) is 11.4. The molecule has 10 atom stereocenters. The number of hydrogen-bond acceptors (Lipinski definition) is 19. The van der Waals surface area contributed by atoms with Crippen molar-refractivity contribution in [2.45, 2.75) is 152 Å². The molecule has 4 heterocycles. The Hall–Kier alpha value is -4.79. The SMILES string of the molecule is CCCCCCCCCC(=O)O[C@@H]1[C@H](OC)[C@@H]([C@@H](O[C@H]2OC(C(=O)N[C@H]3CCC[C@@H](C)NC3=O)=C[C@H](OC(=O)CCOCCOCCOCCOCCN)[C@@H]2O)C(N)=O)O[C@H]1n1ccc(=O)[nH]c1=O. The number of rotatable bonds is 32. The third kappa shape index (κ3) is 18.8. The molecule has 69 heavy (non-hydrogen) atoms. The molecule has 8 N–H and O–H groups in total. The maximum Gasteiger partial charge on any atom is 0.330 e. The number of unbranched alkanes of at least 4 members (excludes halogenated alkanes) is 6. The molecule has 24 heteroatoms. The smallest absolute Gasteiger partial charge is 0.330 e. The summed E-state index contributed by atoms with van der Waals surface area (Å²) in [5.41, 5.74) is 9.60. The van der Waals surface area contributed by atoms with Crippen molar-refractivity contribution >= 4 is 29.7 Å². The lowest BCUT2D eigenvalue weighted by Gasteiger charge is -2.36. The topological polar surface area (TPSA) is 329 Å². The van der Waals surface area contributed by atoms with Crippen LogP contribution in [0.1, 0.15) is 97.1 Å². The number of nitrogens with one attached hydrogen (secondary N) is 3. The minimum atomic E-state index is -1.99. The lowest BCUT2D eigenvalue weighted by atomic mass is 10.0. The lowest BCUT2D eigenvalue weighted by molar-refractivity contribution is -0.244. The zero-order valence-corrected chi connectivity index (χ0v) is 39.8. The number of aromatic amines is 1. The summed E-state index contributed by atoms with van der Waals surface area (Å²) in [6, 6.07) is -0.0699. The van der Waals surface area contributed by atoms with Crippen molar-refractivity contribution in [1.29, 1.82) is 0 Å². The van der Waals surface area contributed by atoms with E-state index in [1.54, 1.807) is 0 Å². The van der Waals surface area contributed by atoms with Gasteiger partial charge in [-0.25, -0.2) is 4.79 Å². The summed E-state index contributed by atoms with van der Waals surface area (Å²) in [4.78, 5) is 93.7. The van der Waals surface area contributed by atoms with Gasteiger partial charge in [0.2, 0.25) is 18.1 Å². The van der Waals surface area contributed by atoms with E-state index in [4.69, 9.17) is 58.8 Å². The number of aliphatic hydroxyl groups is 1. The van der Waals surface area contributed by atoms with Gasteiger partial charge in [-0.05, 0) is 32.6 Å². The third-order valence-electron chi connectivity index (χ3n) is 11.4. The summed E-state index contributed by atoms with van der Waals surface area (Å²) in [6.45, 7) is 6.53. The number of primary amides is 1. The average Bonchev–Trinajstić information content (AvgIpc) is 3.57. The Bertz CT molecular complexity index is 1910. The van der Waals surface area contributed by atoms with Gasteiger partial charge in [-0.3, -0.25) is 38.3 Å². The molecule has 3 aliphatic heterocycles. The van der Waals surface area contributed by atoms with Gasteiger partial charge in [0.1, 0.15) is 18.2 Å². The van der Waals surface area contributed by atoms with Crippen LogP contribution in [0.2, 0.25) is 0 Å². The highest BCUT2D eigenvalue weighted by Gasteiger charge is 2.55. The fourth-order valence-corrected chi connectivity index (χ4v) is 7.77. The van der Waals surface area contributed by atoms with Crippen molar-refractivity contribution in [1.82, 2.24) is 20.2 Å². The standard InChI is InChI=1S/C45H72N6O18/c1-4-5-6-7-8-9-10-14-33(53)67-39-36(60-3)37(68-43(39)51-18-15-32(52)50-45(51)59)38(40(47)56)69-44-35(55)30(27-31(66-44)42(58)49-29-13-11-12-28(2)48-41(29)57)65-34(54)16-19-61-21-23-63-25-26-64-24-22-62-20-17-46/h15,18,27-30,35-39,43-44,55H,4-14,16-17,19-26,46H2,1-3H3,(H2,47,56)(H,48,57)(H,49,58)(H,50,52,59)/t28-,29+,30+,35+,36-,37+,38-,39-,43-,44-/m1/s1. The van der Waals surface area contributed by atoms with E-state index in [0.29, 0.717) is 65.3 Å². The number of esters is 2. The number of H-pyrrole nitrogens is 1. The number of aliphatic hydroxyl groups excluding tert-OH is 1. The van der Waals surface area contributed by atoms with Gasteiger partial charge in [0, 0.05) is 44.5 Å². The van der Waals surface area contributed by atoms with Crippen LogP contribution in [0.15, 0.2) is 33.7 Å². The quantitative estimate of drug-likeness (QED) is 0.0390. The number of carbonyl (C=O) groups is 5. The molecule has 2 saturated heterocycles. The maximum absolute atomic E-state index is 13.8. The van der Waals surface area contributed by atoms with Crippen molar-refractivity contribution in [2.75, 3.05) is 66.5 Å². The number of nitrogens with zero attached hydrogens (tertiary/aromatic N) is 1. The van der Waals surface area contributed by atoms with Crippen molar-refractivity contribution in [3.63, 3.8) is 0 Å². The highest BCUT2D eigenvalue weighted by Crippen LogP contribution is 2.37. The Kier molecular flexibility index (Phi) is 25.3. The van der Waals surface area contributed by atoms with E-state index in [1.807, 2.05) is 6.92 Å². The van der Waals surface area contributed by atoms with Crippen LogP contribution in [0.3, 0.4) is 0 Å². The molecule has 0 unspecified atom stereocenters. The second kappa shape index (κ2) is 30.7. The number of carbonyl (C=O) groups excluding carboxylic acids is 5. The number of nitrogens with two attached hydrogens (primary N) is 2. The molecular formula is C45H72N6O18. The Labute approximate surface area is 400 Å². The van der Waals surface area contributed by atoms with Gasteiger partial charge in [0.15, 0.2) is 36.4 Å². The van der Waals surface area contributed by atoms with Gasteiger partial charge in [-0.2, -0.15) is 0 Å². The minimum Gasteiger partial charge on any atom is -0.456 e. The van der Waals surface area contributed by atoms with E-state index in [1.165, 1.54) is 7.11 Å². The molecule has 3 amide bonds. The number of amides is 3. The van der Waals surface area contributed by atoms with Crippen LogP contribution in [0.25, 0.3) is 0 Å². The number of aromatic nitrogens is 2. The predicted octanol–water partition coefficient (Wildman–Crippen LogP) is -0.526. The fraction of sp³-hybridized carbons (Fsp3) is 0.756. The molecule has 3 aliphatic rings. The first-order valence-electron chi connectivity index (χ1n) is 23.8. The Morgan fingerprint density at radius 3 is 2.14 bits per heavy atom. The number of methoxy groups -OCH3 is 1. The molecule has 1 aromatic heterocycles. The Morgan fingerprint density at radius 1 is 0.870 bits per heavy atom.